The Balaban J connectivity index is 2.18. The highest BCUT2D eigenvalue weighted by Crippen LogP contribution is 2.27. The van der Waals surface area contributed by atoms with Crippen molar-refractivity contribution in [2.24, 2.45) is 0 Å². The van der Waals surface area contributed by atoms with Crippen molar-refractivity contribution in [1.29, 1.82) is 0 Å². The molecule has 0 fully saturated rings. The molecule has 0 saturated heterocycles. The summed E-state index contributed by atoms with van der Waals surface area (Å²) in [5.74, 6) is 0.420. The van der Waals surface area contributed by atoms with E-state index < -0.39 is 0 Å². The van der Waals surface area contributed by atoms with E-state index in [4.69, 9.17) is 5.73 Å². The van der Waals surface area contributed by atoms with Crippen LogP contribution in [0.2, 0.25) is 0 Å². The molecule has 0 radical (unpaired) electrons. The van der Waals surface area contributed by atoms with Crippen LogP contribution in [0, 0.1) is 0 Å². The molecule has 88 valence electrons. The fourth-order valence-electron chi connectivity index (χ4n) is 1.38. The van der Waals surface area contributed by atoms with Crippen molar-refractivity contribution in [3.8, 4) is 0 Å². The Labute approximate surface area is 105 Å². The fraction of sp³-hybridized carbons (Fsp3) is 0.231. The molecule has 4 heteroatoms. The molecule has 0 aliphatic carbocycles. The van der Waals surface area contributed by atoms with Gasteiger partial charge in [0.05, 0.1) is 0 Å². The summed E-state index contributed by atoms with van der Waals surface area (Å²) in [6, 6.07) is 9.82. The number of nitrogens with zero attached hydrogens (tertiary/aromatic N) is 2. The van der Waals surface area contributed by atoms with E-state index >= 15 is 0 Å². The van der Waals surface area contributed by atoms with Crippen LogP contribution in [-0.4, -0.2) is 9.97 Å². The van der Waals surface area contributed by atoms with Gasteiger partial charge >= 0.3 is 0 Å². The molecular weight excluding hydrogens is 230 g/mol. The molecule has 0 aliphatic rings. The second-order valence-corrected chi connectivity index (χ2v) is 5.20. The van der Waals surface area contributed by atoms with Gasteiger partial charge in [-0.25, -0.2) is 9.97 Å². The first-order chi connectivity index (χ1) is 8.15. The first kappa shape index (κ1) is 11.9. The van der Waals surface area contributed by atoms with Crippen molar-refractivity contribution in [3.05, 3.63) is 42.4 Å². The molecule has 0 aliphatic heterocycles. The van der Waals surface area contributed by atoms with Crippen LogP contribution in [0.3, 0.4) is 0 Å². The third-order valence-electron chi connectivity index (χ3n) is 2.36. The van der Waals surface area contributed by atoms with Crippen molar-refractivity contribution in [2.75, 3.05) is 5.73 Å². The highest BCUT2D eigenvalue weighted by atomic mass is 32.2. The van der Waals surface area contributed by atoms with Crippen molar-refractivity contribution < 1.29 is 0 Å². The van der Waals surface area contributed by atoms with Crippen molar-refractivity contribution in [2.45, 2.75) is 29.7 Å². The van der Waals surface area contributed by atoms with Crippen LogP contribution in [0.5, 0.6) is 0 Å². The van der Waals surface area contributed by atoms with Gasteiger partial charge in [0.1, 0.15) is 11.4 Å². The number of aromatic nitrogens is 2. The van der Waals surface area contributed by atoms with Crippen LogP contribution < -0.4 is 5.73 Å². The van der Waals surface area contributed by atoms with Gasteiger partial charge in [0.2, 0.25) is 0 Å². The van der Waals surface area contributed by atoms with Crippen molar-refractivity contribution in [1.82, 2.24) is 9.97 Å². The molecular formula is C13H15N3S. The SMILES string of the molecule is CC(C)c1cc(Sc2ccc(N)cc2)ncn1. The lowest BCUT2D eigenvalue weighted by Crippen LogP contribution is -1.94. The molecule has 2 aromatic rings. The lowest BCUT2D eigenvalue weighted by atomic mass is 10.1. The van der Waals surface area contributed by atoms with Crippen LogP contribution in [-0.2, 0) is 0 Å². The van der Waals surface area contributed by atoms with Gasteiger partial charge in [-0.2, -0.15) is 0 Å². The first-order valence-corrected chi connectivity index (χ1v) is 6.32. The number of hydrogen-bond acceptors (Lipinski definition) is 4. The maximum absolute atomic E-state index is 5.65. The summed E-state index contributed by atoms with van der Waals surface area (Å²) in [5, 5.41) is 0.966. The molecule has 0 bridgehead atoms. The summed E-state index contributed by atoms with van der Waals surface area (Å²) in [7, 11) is 0. The second kappa shape index (κ2) is 5.19. The smallest absolute Gasteiger partial charge is 0.116 e. The van der Waals surface area contributed by atoms with Gasteiger partial charge in [0, 0.05) is 16.3 Å². The molecule has 17 heavy (non-hydrogen) atoms. The maximum atomic E-state index is 5.65. The van der Waals surface area contributed by atoms with E-state index in [1.165, 1.54) is 0 Å². The van der Waals surface area contributed by atoms with Crippen molar-refractivity contribution >= 4 is 17.4 Å². The average Bonchev–Trinajstić information content (AvgIpc) is 2.32. The molecule has 0 atom stereocenters. The van der Waals surface area contributed by atoms with Crippen LogP contribution >= 0.6 is 11.8 Å². The van der Waals surface area contributed by atoms with Gasteiger partial charge in [-0.15, -0.1) is 0 Å². The predicted octanol–water partition coefficient (Wildman–Crippen LogP) is 3.33. The first-order valence-electron chi connectivity index (χ1n) is 5.50. The predicted molar refractivity (Wildman–Crippen MR) is 71.1 cm³/mol. The van der Waals surface area contributed by atoms with Crippen LogP contribution in [0.15, 0.2) is 46.6 Å². The summed E-state index contributed by atoms with van der Waals surface area (Å²) in [5.41, 5.74) is 7.49. The third kappa shape index (κ3) is 3.20. The minimum atomic E-state index is 0.420. The molecule has 0 spiro atoms. The maximum Gasteiger partial charge on any atom is 0.116 e. The standard InChI is InChI=1S/C13H15N3S/c1-9(2)12-7-13(16-8-15-12)17-11-5-3-10(14)4-6-11/h3-9H,14H2,1-2H3. The Morgan fingerprint density at radius 1 is 1.12 bits per heavy atom. The lowest BCUT2D eigenvalue weighted by molar-refractivity contribution is 0.799. The second-order valence-electron chi connectivity index (χ2n) is 4.11. The summed E-state index contributed by atoms with van der Waals surface area (Å²) < 4.78 is 0. The Morgan fingerprint density at radius 2 is 1.82 bits per heavy atom. The van der Waals surface area contributed by atoms with E-state index in [-0.39, 0.29) is 0 Å². The molecule has 2 rings (SSSR count). The zero-order chi connectivity index (χ0) is 12.3. The average molecular weight is 245 g/mol. The highest BCUT2D eigenvalue weighted by Gasteiger charge is 2.04. The lowest BCUT2D eigenvalue weighted by Gasteiger charge is -2.06. The molecule has 1 heterocycles. The van der Waals surface area contributed by atoms with Gasteiger partial charge < -0.3 is 5.73 Å². The molecule has 2 N–H and O–H groups in total. The molecule has 1 aromatic heterocycles. The van der Waals surface area contributed by atoms with Crippen LogP contribution in [0.25, 0.3) is 0 Å². The topological polar surface area (TPSA) is 51.8 Å². The van der Waals surface area contributed by atoms with E-state index in [1.807, 2.05) is 30.3 Å². The van der Waals surface area contributed by atoms with Gasteiger partial charge in [0.25, 0.3) is 0 Å². The number of hydrogen-bond donors (Lipinski definition) is 1. The van der Waals surface area contributed by atoms with E-state index in [1.54, 1.807) is 18.1 Å². The number of nitrogen functional groups attached to an aromatic ring is 1. The summed E-state index contributed by atoms with van der Waals surface area (Å²) in [6.07, 6.45) is 1.62. The van der Waals surface area contributed by atoms with E-state index in [9.17, 15) is 0 Å². The number of anilines is 1. The Kier molecular flexibility index (Phi) is 3.64. The zero-order valence-corrected chi connectivity index (χ0v) is 10.7. The third-order valence-corrected chi connectivity index (χ3v) is 3.30. The molecule has 0 saturated carbocycles. The van der Waals surface area contributed by atoms with Crippen molar-refractivity contribution in [3.63, 3.8) is 0 Å². The quantitative estimate of drug-likeness (QED) is 0.665. The molecule has 0 unspecified atom stereocenters. The van der Waals surface area contributed by atoms with E-state index in [2.05, 4.69) is 23.8 Å². The summed E-state index contributed by atoms with van der Waals surface area (Å²) >= 11 is 1.62. The minimum Gasteiger partial charge on any atom is -0.399 e. The monoisotopic (exact) mass is 245 g/mol. The number of benzene rings is 1. The van der Waals surface area contributed by atoms with E-state index in [0.29, 0.717) is 5.92 Å². The van der Waals surface area contributed by atoms with Gasteiger partial charge in [-0.3, -0.25) is 0 Å². The van der Waals surface area contributed by atoms with Crippen LogP contribution in [0.1, 0.15) is 25.5 Å². The molecule has 3 nitrogen and oxygen atoms in total. The normalized spacial score (nSPS) is 10.8. The Bertz CT molecular complexity index is 494. The highest BCUT2D eigenvalue weighted by molar-refractivity contribution is 7.99. The Morgan fingerprint density at radius 3 is 2.47 bits per heavy atom. The molecule has 1 aromatic carbocycles. The number of nitrogens with two attached hydrogens (primary N) is 1. The van der Waals surface area contributed by atoms with Gasteiger partial charge in [-0.05, 0) is 36.2 Å². The molecule has 0 amide bonds. The number of rotatable bonds is 3. The minimum absolute atomic E-state index is 0.420. The van der Waals surface area contributed by atoms with Gasteiger partial charge in [-0.1, -0.05) is 25.6 Å². The Hall–Kier alpha value is -1.55. The largest absolute Gasteiger partial charge is 0.399 e. The summed E-state index contributed by atoms with van der Waals surface area (Å²) in [4.78, 5) is 9.64. The zero-order valence-electron chi connectivity index (χ0n) is 9.92. The van der Waals surface area contributed by atoms with Gasteiger partial charge in [0.15, 0.2) is 0 Å². The summed E-state index contributed by atoms with van der Waals surface area (Å²) in [6.45, 7) is 4.25. The van der Waals surface area contributed by atoms with Crippen LogP contribution in [0.4, 0.5) is 5.69 Å². The fourth-order valence-corrected chi connectivity index (χ4v) is 2.17. The van der Waals surface area contributed by atoms with E-state index in [0.717, 1.165) is 21.3 Å².